The first-order valence-corrected chi connectivity index (χ1v) is 8.75. The average molecular weight is 326 g/mol. The maximum absolute atomic E-state index is 12.0. The number of ether oxygens (including phenoxy) is 1. The van der Waals surface area contributed by atoms with Gasteiger partial charge < -0.3 is 10.1 Å². The lowest BCUT2D eigenvalue weighted by Gasteiger charge is -2.24. The van der Waals surface area contributed by atoms with Crippen molar-refractivity contribution in [1.29, 1.82) is 0 Å². The molecule has 0 radical (unpaired) electrons. The quantitative estimate of drug-likeness (QED) is 0.905. The lowest BCUT2D eigenvalue weighted by Crippen LogP contribution is -2.41. The summed E-state index contributed by atoms with van der Waals surface area (Å²) in [6, 6.07) is 12.6. The lowest BCUT2D eigenvalue weighted by atomic mass is 9.97. The molecule has 1 fully saturated rings. The van der Waals surface area contributed by atoms with Crippen LogP contribution in [0.2, 0.25) is 0 Å². The van der Waals surface area contributed by atoms with Crippen LogP contribution in [0.15, 0.2) is 36.4 Å². The van der Waals surface area contributed by atoms with Crippen molar-refractivity contribution in [3.8, 4) is 0 Å². The van der Waals surface area contributed by atoms with Gasteiger partial charge in [-0.15, -0.1) is 0 Å². The highest BCUT2D eigenvalue weighted by atomic mass is 16.6. The van der Waals surface area contributed by atoms with Gasteiger partial charge in [0.05, 0.1) is 5.52 Å². The molecular formula is C20H26N2O2. The molecule has 1 aromatic heterocycles. The van der Waals surface area contributed by atoms with E-state index in [0.29, 0.717) is 5.92 Å². The molecule has 0 spiro atoms. The van der Waals surface area contributed by atoms with E-state index in [1.807, 2.05) is 39.0 Å². The maximum atomic E-state index is 12.0. The van der Waals surface area contributed by atoms with Gasteiger partial charge in [0.1, 0.15) is 5.60 Å². The molecule has 24 heavy (non-hydrogen) atoms. The van der Waals surface area contributed by atoms with Crippen molar-refractivity contribution in [2.45, 2.75) is 58.1 Å². The van der Waals surface area contributed by atoms with Crippen LogP contribution in [0.4, 0.5) is 4.79 Å². The monoisotopic (exact) mass is 326 g/mol. The van der Waals surface area contributed by atoms with Crippen molar-refractivity contribution >= 4 is 17.0 Å². The average Bonchev–Trinajstić information content (AvgIpc) is 2.92. The van der Waals surface area contributed by atoms with Gasteiger partial charge >= 0.3 is 6.09 Å². The van der Waals surface area contributed by atoms with E-state index in [1.54, 1.807) is 0 Å². The van der Waals surface area contributed by atoms with Gasteiger partial charge in [-0.25, -0.2) is 4.79 Å². The van der Waals surface area contributed by atoms with Crippen LogP contribution in [-0.4, -0.2) is 22.7 Å². The van der Waals surface area contributed by atoms with Gasteiger partial charge in [-0.3, -0.25) is 4.98 Å². The first-order chi connectivity index (χ1) is 11.4. The molecule has 2 atom stereocenters. The third-order valence-corrected chi connectivity index (χ3v) is 4.49. The minimum Gasteiger partial charge on any atom is -0.444 e. The zero-order chi connectivity index (χ0) is 17.2. The number of para-hydroxylation sites is 1. The topological polar surface area (TPSA) is 51.2 Å². The Morgan fingerprint density at radius 3 is 2.79 bits per heavy atom. The van der Waals surface area contributed by atoms with E-state index in [0.717, 1.165) is 42.3 Å². The third-order valence-electron chi connectivity index (χ3n) is 4.49. The molecule has 0 bridgehead atoms. The Kier molecular flexibility index (Phi) is 4.74. The molecule has 0 unspecified atom stereocenters. The molecule has 3 rings (SSSR count). The molecule has 1 aliphatic carbocycles. The fourth-order valence-corrected chi connectivity index (χ4v) is 3.42. The number of amides is 1. The number of carbonyl (C=O) groups excluding carboxylic acids is 1. The molecule has 1 amide bonds. The minimum atomic E-state index is -0.460. The van der Waals surface area contributed by atoms with E-state index in [4.69, 9.17) is 9.72 Å². The first kappa shape index (κ1) is 16.7. The van der Waals surface area contributed by atoms with Crippen LogP contribution in [0, 0.1) is 5.92 Å². The highest BCUT2D eigenvalue weighted by Crippen LogP contribution is 2.29. The number of fused-ring (bicyclic) bond motifs is 1. The molecule has 1 heterocycles. The lowest BCUT2D eigenvalue weighted by molar-refractivity contribution is 0.0492. The molecule has 4 nitrogen and oxygen atoms in total. The summed E-state index contributed by atoms with van der Waals surface area (Å²) >= 11 is 0. The largest absolute Gasteiger partial charge is 0.444 e. The molecule has 0 aliphatic heterocycles. The predicted molar refractivity (Wildman–Crippen MR) is 95.9 cm³/mol. The highest BCUT2D eigenvalue weighted by Gasteiger charge is 2.30. The van der Waals surface area contributed by atoms with Crippen molar-refractivity contribution in [3.05, 3.63) is 42.1 Å². The summed E-state index contributed by atoms with van der Waals surface area (Å²) in [5.74, 6) is 0.422. The number of benzene rings is 1. The minimum absolute atomic E-state index is 0.174. The number of hydrogen-bond donors (Lipinski definition) is 1. The summed E-state index contributed by atoms with van der Waals surface area (Å²) in [6.07, 6.45) is 3.85. The smallest absolute Gasteiger partial charge is 0.407 e. The van der Waals surface area contributed by atoms with E-state index in [-0.39, 0.29) is 12.1 Å². The molecule has 0 saturated heterocycles. The van der Waals surface area contributed by atoms with E-state index in [1.165, 1.54) is 0 Å². The standard InChI is InChI=1S/C20H26N2O2/c1-20(2,3)24-19(23)22-18-10-6-8-15(18)13-16-12-11-14-7-4-5-9-17(14)21-16/h4-5,7,9,11-12,15,18H,6,8,10,13H2,1-3H3,(H,22,23)/t15-,18+/m1/s1. The molecule has 2 aromatic rings. The zero-order valence-corrected chi connectivity index (χ0v) is 14.7. The summed E-state index contributed by atoms with van der Waals surface area (Å²) in [7, 11) is 0. The second kappa shape index (κ2) is 6.80. The van der Waals surface area contributed by atoms with E-state index < -0.39 is 5.60 Å². The zero-order valence-electron chi connectivity index (χ0n) is 14.7. The number of nitrogens with one attached hydrogen (secondary N) is 1. The fraction of sp³-hybridized carbons (Fsp3) is 0.500. The number of carbonyl (C=O) groups is 1. The SMILES string of the molecule is CC(C)(C)OC(=O)N[C@H]1CCC[C@@H]1Cc1ccc2ccccc2n1. The molecule has 4 heteroatoms. The van der Waals surface area contributed by atoms with Crippen LogP contribution < -0.4 is 5.32 Å². The molecule has 1 aromatic carbocycles. The Hall–Kier alpha value is -2.10. The fourth-order valence-electron chi connectivity index (χ4n) is 3.42. The predicted octanol–water partition coefficient (Wildman–Crippen LogP) is 4.47. The van der Waals surface area contributed by atoms with Crippen LogP contribution in [0.3, 0.4) is 0 Å². The van der Waals surface area contributed by atoms with Crippen LogP contribution >= 0.6 is 0 Å². The highest BCUT2D eigenvalue weighted by molar-refractivity contribution is 5.78. The number of rotatable bonds is 3. The van der Waals surface area contributed by atoms with Crippen molar-refractivity contribution in [2.24, 2.45) is 5.92 Å². The van der Waals surface area contributed by atoms with Crippen LogP contribution in [0.25, 0.3) is 10.9 Å². The third kappa shape index (κ3) is 4.25. The number of nitrogens with zero attached hydrogens (tertiary/aromatic N) is 1. The first-order valence-electron chi connectivity index (χ1n) is 8.75. The summed E-state index contributed by atoms with van der Waals surface area (Å²) < 4.78 is 5.39. The Labute approximate surface area is 143 Å². The van der Waals surface area contributed by atoms with Gasteiger partial charge in [-0.05, 0) is 58.1 Å². The second-order valence-corrected chi connectivity index (χ2v) is 7.64. The van der Waals surface area contributed by atoms with Gasteiger partial charge in [0.25, 0.3) is 0 Å². The number of hydrogen-bond acceptors (Lipinski definition) is 3. The van der Waals surface area contributed by atoms with Gasteiger partial charge in [0.2, 0.25) is 0 Å². The number of pyridine rings is 1. The van der Waals surface area contributed by atoms with Gasteiger partial charge in [-0.1, -0.05) is 30.7 Å². The normalized spacial score (nSPS) is 21.0. The molecule has 128 valence electrons. The maximum Gasteiger partial charge on any atom is 0.407 e. The van der Waals surface area contributed by atoms with Crippen LogP contribution in [0.5, 0.6) is 0 Å². The molecule has 1 aliphatic rings. The van der Waals surface area contributed by atoms with Crippen molar-refractivity contribution in [3.63, 3.8) is 0 Å². The number of aromatic nitrogens is 1. The van der Waals surface area contributed by atoms with Crippen molar-refractivity contribution < 1.29 is 9.53 Å². The van der Waals surface area contributed by atoms with Crippen molar-refractivity contribution in [1.82, 2.24) is 10.3 Å². The summed E-state index contributed by atoms with van der Waals surface area (Å²) in [5, 5.41) is 4.22. The van der Waals surface area contributed by atoms with Gasteiger partial charge in [0.15, 0.2) is 0 Å². The van der Waals surface area contributed by atoms with E-state index in [9.17, 15) is 4.79 Å². The molecular weight excluding hydrogens is 300 g/mol. The van der Waals surface area contributed by atoms with E-state index >= 15 is 0 Å². The molecule has 1 saturated carbocycles. The van der Waals surface area contributed by atoms with Gasteiger partial charge in [-0.2, -0.15) is 0 Å². The second-order valence-electron chi connectivity index (χ2n) is 7.64. The van der Waals surface area contributed by atoms with Crippen LogP contribution in [0.1, 0.15) is 45.7 Å². The summed E-state index contributed by atoms with van der Waals surface area (Å²) in [6.45, 7) is 5.66. The Bertz CT molecular complexity index is 721. The van der Waals surface area contributed by atoms with E-state index in [2.05, 4.69) is 23.5 Å². The van der Waals surface area contributed by atoms with Gasteiger partial charge in [0, 0.05) is 17.1 Å². The molecule has 1 N–H and O–H groups in total. The van der Waals surface area contributed by atoms with Crippen LogP contribution in [-0.2, 0) is 11.2 Å². The van der Waals surface area contributed by atoms with Crippen molar-refractivity contribution in [2.75, 3.05) is 0 Å². The summed E-state index contributed by atoms with van der Waals surface area (Å²) in [4.78, 5) is 16.8. The number of alkyl carbamates (subject to hydrolysis) is 1. The summed E-state index contributed by atoms with van der Waals surface area (Å²) in [5.41, 5.74) is 1.67. The Balaban J connectivity index is 1.65. The Morgan fingerprint density at radius 1 is 1.21 bits per heavy atom. The Morgan fingerprint density at radius 2 is 2.00 bits per heavy atom.